The number of nitrogens with zero attached hydrogens (tertiary/aromatic N) is 1. The minimum atomic E-state index is -0.242. The van der Waals surface area contributed by atoms with Gasteiger partial charge < -0.3 is 14.8 Å². The number of hydrogen-bond acceptors (Lipinski definition) is 5. The largest absolute Gasteiger partial charge is 0.481 e. The fourth-order valence-electron chi connectivity index (χ4n) is 1.41. The van der Waals surface area contributed by atoms with E-state index in [1.165, 1.54) is 0 Å². The van der Waals surface area contributed by atoms with E-state index in [-0.39, 0.29) is 18.2 Å². The second kappa shape index (κ2) is 8.20. The van der Waals surface area contributed by atoms with E-state index >= 15 is 0 Å². The number of methoxy groups -OCH3 is 1. The first-order valence-corrected chi connectivity index (χ1v) is 5.98. The van der Waals surface area contributed by atoms with Crippen LogP contribution in [-0.4, -0.2) is 44.0 Å². The highest BCUT2D eigenvalue weighted by atomic mass is 16.5. The Kier molecular flexibility index (Phi) is 6.52. The van der Waals surface area contributed by atoms with Crippen molar-refractivity contribution in [3.8, 4) is 5.75 Å². The first kappa shape index (κ1) is 15.1. The summed E-state index contributed by atoms with van der Waals surface area (Å²) in [5.41, 5.74) is 0.922. The van der Waals surface area contributed by atoms with Crippen LogP contribution in [0.5, 0.6) is 5.75 Å². The molecule has 19 heavy (non-hydrogen) atoms. The smallest absolute Gasteiger partial charge is 0.257 e. The minimum absolute atomic E-state index is 0.140. The number of aryl methyl sites for hydroxylation is 1. The number of ether oxygens (including phenoxy) is 2. The van der Waals surface area contributed by atoms with Gasteiger partial charge in [-0.05, 0) is 25.5 Å². The van der Waals surface area contributed by atoms with E-state index in [4.69, 9.17) is 9.47 Å². The van der Waals surface area contributed by atoms with E-state index in [0.717, 1.165) is 12.1 Å². The zero-order valence-corrected chi connectivity index (χ0v) is 11.1. The summed E-state index contributed by atoms with van der Waals surface area (Å²) in [6.45, 7) is 2.76. The van der Waals surface area contributed by atoms with E-state index in [9.17, 15) is 9.59 Å². The molecule has 104 valence electrons. The van der Waals surface area contributed by atoms with E-state index in [1.807, 2.05) is 0 Å². The Morgan fingerprint density at radius 1 is 1.47 bits per heavy atom. The highest BCUT2D eigenvalue weighted by molar-refractivity contribution is 5.79. The van der Waals surface area contributed by atoms with Crippen LogP contribution in [0, 0.1) is 6.92 Å². The maximum atomic E-state index is 11.5. The molecule has 0 bridgehead atoms. The molecule has 0 unspecified atom stereocenters. The van der Waals surface area contributed by atoms with Crippen LogP contribution in [0.15, 0.2) is 12.1 Å². The van der Waals surface area contributed by atoms with Gasteiger partial charge in [0.2, 0.25) is 0 Å². The van der Waals surface area contributed by atoms with Crippen LogP contribution in [0.1, 0.15) is 22.6 Å². The van der Waals surface area contributed by atoms with E-state index in [2.05, 4.69) is 10.3 Å². The molecular weight excluding hydrogens is 248 g/mol. The second-order valence-corrected chi connectivity index (χ2v) is 3.94. The summed E-state index contributed by atoms with van der Waals surface area (Å²) in [6.07, 6.45) is 1.35. The first-order valence-electron chi connectivity index (χ1n) is 5.98. The molecule has 1 heterocycles. The predicted octanol–water partition coefficient (Wildman–Crippen LogP) is 0.734. The van der Waals surface area contributed by atoms with Crippen LogP contribution in [-0.2, 0) is 9.53 Å². The molecule has 0 aromatic carbocycles. The van der Waals surface area contributed by atoms with E-state index < -0.39 is 0 Å². The molecule has 0 saturated carbocycles. The summed E-state index contributed by atoms with van der Waals surface area (Å²) in [4.78, 5) is 26.3. The Balaban J connectivity index is 2.39. The summed E-state index contributed by atoms with van der Waals surface area (Å²) in [5, 5.41) is 2.68. The number of carbonyl (C=O) groups excluding carboxylic acids is 2. The third kappa shape index (κ3) is 5.48. The van der Waals surface area contributed by atoms with Crippen molar-refractivity contribution in [2.24, 2.45) is 0 Å². The number of nitrogens with one attached hydrogen (secondary N) is 1. The number of aromatic nitrogens is 1. The molecule has 0 aliphatic heterocycles. The van der Waals surface area contributed by atoms with Crippen LogP contribution in [0.4, 0.5) is 0 Å². The van der Waals surface area contributed by atoms with Gasteiger partial charge in [0.05, 0.1) is 0 Å². The lowest BCUT2D eigenvalue weighted by molar-refractivity contribution is -0.123. The van der Waals surface area contributed by atoms with Crippen molar-refractivity contribution in [3.63, 3.8) is 0 Å². The number of pyridine rings is 1. The molecular formula is C13H18N2O4. The van der Waals surface area contributed by atoms with Crippen LogP contribution in [0.3, 0.4) is 0 Å². The summed E-state index contributed by atoms with van der Waals surface area (Å²) >= 11 is 0. The number of amides is 1. The third-order valence-electron chi connectivity index (χ3n) is 2.34. The van der Waals surface area contributed by atoms with E-state index in [1.54, 1.807) is 26.2 Å². The van der Waals surface area contributed by atoms with Gasteiger partial charge in [-0.2, -0.15) is 0 Å². The van der Waals surface area contributed by atoms with Crippen molar-refractivity contribution in [3.05, 3.63) is 23.5 Å². The average molecular weight is 266 g/mol. The monoisotopic (exact) mass is 266 g/mol. The first-order chi connectivity index (χ1) is 9.17. The zero-order valence-electron chi connectivity index (χ0n) is 11.1. The molecule has 1 N–H and O–H groups in total. The number of aldehydes is 1. The van der Waals surface area contributed by atoms with Crippen molar-refractivity contribution in [2.75, 3.05) is 26.9 Å². The van der Waals surface area contributed by atoms with Gasteiger partial charge in [0.1, 0.15) is 11.4 Å². The van der Waals surface area contributed by atoms with Crippen molar-refractivity contribution in [2.45, 2.75) is 13.3 Å². The second-order valence-electron chi connectivity index (χ2n) is 3.94. The Morgan fingerprint density at radius 2 is 2.26 bits per heavy atom. The SMILES string of the molecule is COCCCNC(=O)COc1ccc(C)nc1C=O. The molecule has 1 aromatic rings. The zero-order chi connectivity index (χ0) is 14.1. The van der Waals surface area contributed by atoms with Gasteiger partial charge in [0, 0.05) is 26.0 Å². The highest BCUT2D eigenvalue weighted by Gasteiger charge is 2.07. The van der Waals surface area contributed by atoms with Gasteiger partial charge in [0.25, 0.3) is 5.91 Å². The lowest BCUT2D eigenvalue weighted by Gasteiger charge is -2.08. The number of hydrogen-bond donors (Lipinski definition) is 1. The molecule has 1 amide bonds. The Bertz CT molecular complexity index is 435. The van der Waals surface area contributed by atoms with Crippen LogP contribution in [0.2, 0.25) is 0 Å². The molecule has 1 aromatic heterocycles. The summed E-state index contributed by atoms with van der Waals surface area (Å²) in [7, 11) is 1.61. The van der Waals surface area contributed by atoms with Crippen LogP contribution >= 0.6 is 0 Å². The maximum Gasteiger partial charge on any atom is 0.257 e. The summed E-state index contributed by atoms with van der Waals surface area (Å²) in [5.74, 6) is 0.0705. The minimum Gasteiger partial charge on any atom is -0.481 e. The van der Waals surface area contributed by atoms with Gasteiger partial charge in [-0.1, -0.05) is 0 Å². The van der Waals surface area contributed by atoms with Crippen molar-refractivity contribution < 1.29 is 19.1 Å². The molecule has 6 heteroatoms. The molecule has 0 aliphatic carbocycles. The molecule has 6 nitrogen and oxygen atoms in total. The summed E-state index contributed by atoms with van der Waals surface area (Å²) in [6, 6.07) is 3.35. The van der Waals surface area contributed by atoms with Crippen LogP contribution in [0.25, 0.3) is 0 Å². The number of rotatable bonds is 8. The highest BCUT2D eigenvalue weighted by Crippen LogP contribution is 2.14. The van der Waals surface area contributed by atoms with Crippen molar-refractivity contribution in [1.82, 2.24) is 10.3 Å². The Morgan fingerprint density at radius 3 is 2.95 bits per heavy atom. The van der Waals surface area contributed by atoms with Gasteiger partial charge in [-0.3, -0.25) is 9.59 Å². The third-order valence-corrected chi connectivity index (χ3v) is 2.34. The lowest BCUT2D eigenvalue weighted by Crippen LogP contribution is -2.30. The standard InChI is InChI=1S/C13H18N2O4/c1-10-4-5-12(11(8-16)15-10)19-9-13(17)14-6-3-7-18-2/h4-5,8H,3,6-7,9H2,1-2H3,(H,14,17). The van der Waals surface area contributed by atoms with Gasteiger partial charge >= 0.3 is 0 Å². The molecule has 0 saturated heterocycles. The predicted molar refractivity (Wildman–Crippen MR) is 69.4 cm³/mol. The maximum absolute atomic E-state index is 11.5. The van der Waals surface area contributed by atoms with Gasteiger partial charge in [-0.25, -0.2) is 4.98 Å². The quantitative estimate of drug-likeness (QED) is 0.554. The fourth-order valence-corrected chi connectivity index (χ4v) is 1.41. The molecule has 0 radical (unpaired) electrons. The molecule has 0 aliphatic rings. The Labute approximate surface area is 112 Å². The van der Waals surface area contributed by atoms with Gasteiger partial charge in [0.15, 0.2) is 12.9 Å². The fraction of sp³-hybridized carbons (Fsp3) is 0.462. The average Bonchev–Trinajstić information content (AvgIpc) is 2.42. The molecule has 0 atom stereocenters. The molecule has 0 spiro atoms. The van der Waals surface area contributed by atoms with Crippen molar-refractivity contribution in [1.29, 1.82) is 0 Å². The Hall–Kier alpha value is -1.95. The number of carbonyl (C=O) groups is 2. The van der Waals surface area contributed by atoms with Crippen LogP contribution < -0.4 is 10.1 Å². The van der Waals surface area contributed by atoms with Gasteiger partial charge in [-0.15, -0.1) is 0 Å². The topological polar surface area (TPSA) is 77.5 Å². The molecule has 0 fully saturated rings. The summed E-state index contributed by atoms with van der Waals surface area (Å²) < 4.78 is 10.1. The van der Waals surface area contributed by atoms with E-state index in [0.29, 0.717) is 25.2 Å². The normalized spacial score (nSPS) is 10.0. The van der Waals surface area contributed by atoms with Crippen molar-refractivity contribution >= 4 is 12.2 Å². The molecule has 1 rings (SSSR count). The lowest BCUT2D eigenvalue weighted by atomic mass is 10.3.